The third-order valence-corrected chi connectivity index (χ3v) is 5.87. The standard InChI is InChI=1S/C28H32N6O3/c29-21(3-13-27(35)31-16-15-23-19-30-20-32-23)4-14-28(36)33-22-5-9-25(10-6-22)37-26-11-7-24(8-12-26)34-17-1-2-18-34/h1-2,5-12,17-21H,3-4,13-16,29H2,(H,30,32)(H,31,35)(H,33,36)/t21-/m0/s1. The van der Waals surface area contributed by atoms with Crippen LogP contribution in [-0.4, -0.2) is 38.9 Å². The molecule has 9 nitrogen and oxygen atoms in total. The second kappa shape index (κ2) is 13.1. The average molecular weight is 501 g/mol. The molecule has 0 radical (unpaired) electrons. The van der Waals surface area contributed by atoms with Crippen LogP contribution >= 0.6 is 0 Å². The van der Waals surface area contributed by atoms with Crippen molar-refractivity contribution in [2.24, 2.45) is 5.73 Å². The number of aromatic amines is 1. The fourth-order valence-electron chi connectivity index (χ4n) is 3.78. The number of hydrogen-bond acceptors (Lipinski definition) is 5. The second-order valence-electron chi connectivity index (χ2n) is 8.77. The molecule has 0 unspecified atom stereocenters. The van der Waals surface area contributed by atoms with Gasteiger partial charge in [-0.15, -0.1) is 0 Å². The lowest BCUT2D eigenvalue weighted by Crippen LogP contribution is -2.29. The van der Waals surface area contributed by atoms with E-state index in [1.165, 1.54) is 0 Å². The van der Waals surface area contributed by atoms with E-state index in [-0.39, 0.29) is 24.3 Å². The number of imidazole rings is 1. The van der Waals surface area contributed by atoms with Crippen molar-refractivity contribution in [3.8, 4) is 17.2 Å². The van der Waals surface area contributed by atoms with E-state index >= 15 is 0 Å². The molecule has 0 fully saturated rings. The fourth-order valence-corrected chi connectivity index (χ4v) is 3.78. The van der Waals surface area contributed by atoms with E-state index in [0.717, 1.165) is 17.1 Å². The molecule has 1 atom stereocenters. The summed E-state index contributed by atoms with van der Waals surface area (Å²) in [4.78, 5) is 31.2. The number of carbonyl (C=O) groups excluding carboxylic acids is 2. The largest absolute Gasteiger partial charge is 0.457 e. The van der Waals surface area contributed by atoms with Gasteiger partial charge in [0.2, 0.25) is 11.8 Å². The molecule has 4 rings (SSSR count). The fraction of sp³-hybridized carbons (Fsp3) is 0.250. The first-order valence-corrected chi connectivity index (χ1v) is 12.4. The zero-order chi connectivity index (χ0) is 25.9. The summed E-state index contributed by atoms with van der Waals surface area (Å²) in [6, 6.07) is 18.8. The van der Waals surface area contributed by atoms with Crippen LogP contribution in [-0.2, 0) is 16.0 Å². The van der Waals surface area contributed by atoms with Crippen LogP contribution in [0.4, 0.5) is 5.69 Å². The number of nitrogens with zero attached hydrogens (tertiary/aromatic N) is 2. The number of ether oxygens (including phenoxy) is 1. The van der Waals surface area contributed by atoms with E-state index in [4.69, 9.17) is 10.5 Å². The van der Waals surface area contributed by atoms with Gasteiger partial charge in [0.25, 0.3) is 0 Å². The van der Waals surface area contributed by atoms with Crippen molar-refractivity contribution in [3.05, 3.63) is 91.3 Å². The molecule has 0 bridgehead atoms. The topological polar surface area (TPSA) is 127 Å². The zero-order valence-corrected chi connectivity index (χ0v) is 20.6. The Kier molecular flexibility index (Phi) is 9.09. The number of carbonyl (C=O) groups is 2. The molecule has 2 aromatic heterocycles. The van der Waals surface area contributed by atoms with Crippen LogP contribution in [0.15, 0.2) is 85.6 Å². The van der Waals surface area contributed by atoms with Gasteiger partial charge in [0, 0.05) is 67.5 Å². The molecular weight excluding hydrogens is 468 g/mol. The van der Waals surface area contributed by atoms with Crippen molar-refractivity contribution in [2.75, 3.05) is 11.9 Å². The zero-order valence-electron chi connectivity index (χ0n) is 20.6. The maximum Gasteiger partial charge on any atom is 0.224 e. The Labute approximate surface area is 216 Å². The number of anilines is 1. The predicted octanol–water partition coefficient (Wildman–Crippen LogP) is 4.18. The Hall–Kier alpha value is -4.37. The van der Waals surface area contributed by atoms with E-state index in [1.54, 1.807) is 24.7 Å². The van der Waals surface area contributed by atoms with Gasteiger partial charge in [-0.25, -0.2) is 4.98 Å². The van der Waals surface area contributed by atoms with Crippen LogP contribution in [0.1, 0.15) is 31.4 Å². The van der Waals surface area contributed by atoms with Crippen LogP contribution in [0.3, 0.4) is 0 Å². The van der Waals surface area contributed by atoms with Gasteiger partial charge < -0.3 is 30.7 Å². The Balaban J connectivity index is 1.12. The number of rotatable bonds is 13. The Morgan fingerprint density at radius 1 is 0.946 bits per heavy atom. The number of benzene rings is 2. The normalized spacial score (nSPS) is 11.6. The molecule has 0 aliphatic carbocycles. The summed E-state index contributed by atoms with van der Waals surface area (Å²) < 4.78 is 7.93. The monoisotopic (exact) mass is 500 g/mol. The number of nitrogens with two attached hydrogens (primary N) is 1. The minimum Gasteiger partial charge on any atom is -0.457 e. The first kappa shape index (κ1) is 25.7. The molecular formula is C28H32N6O3. The van der Waals surface area contributed by atoms with Crippen LogP contribution in [0.25, 0.3) is 5.69 Å². The third kappa shape index (κ3) is 8.36. The van der Waals surface area contributed by atoms with E-state index in [1.807, 2.05) is 65.5 Å². The van der Waals surface area contributed by atoms with Gasteiger partial charge in [0.1, 0.15) is 11.5 Å². The Bertz CT molecular complexity index is 1240. The van der Waals surface area contributed by atoms with Gasteiger partial charge in [0.05, 0.1) is 6.33 Å². The SMILES string of the molecule is N[C@@H](CCC(=O)NCCc1cnc[nH]1)CCC(=O)Nc1ccc(Oc2ccc(-n3cccc3)cc2)cc1. The van der Waals surface area contributed by atoms with E-state index in [0.29, 0.717) is 43.7 Å². The lowest BCUT2D eigenvalue weighted by molar-refractivity contribution is -0.121. The minimum atomic E-state index is -0.219. The van der Waals surface area contributed by atoms with Gasteiger partial charge in [-0.2, -0.15) is 0 Å². The molecule has 9 heteroatoms. The molecule has 5 N–H and O–H groups in total. The Morgan fingerprint density at radius 3 is 2.24 bits per heavy atom. The van der Waals surface area contributed by atoms with Crippen molar-refractivity contribution in [1.82, 2.24) is 19.9 Å². The summed E-state index contributed by atoms with van der Waals surface area (Å²) in [5, 5.41) is 5.75. The number of H-pyrrole nitrogens is 1. The second-order valence-corrected chi connectivity index (χ2v) is 8.77. The minimum absolute atomic E-state index is 0.0430. The van der Waals surface area contributed by atoms with E-state index in [2.05, 4.69) is 20.6 Å². The maximum absolute atomic E-state index is 12.3. The van der Waals surface area contributed by atoms with Gasteiger partial charge >= 0.3 is 0 Å². The summed E-state index contributed by atoms with van der Waals surface area (Å²) in [6.45, 7) is 0.545. The number of aromatic nitrogens is 3. The van der Waals surface area contributed by atoms with Crippen molar-refractivity contribution in [1.29, 1.82) is 0 Å². The van der Waals surface area contributed by atoms with Crippen molar-refractivity contribution < 1.29 is 14.3 Å². The van der Waals surface area contributed by atoms with Crippen LogP contribution < -0.4 is 21.1 Å². The number of nitrogens with one attached hydrogen (secondary N) is 3. The van der Waals surface area contributed by atoms with Crippen LogP contribution in [0, 0.1) is 0 Å². The number of amides is 2. The summed E-state index contributed by atoms with van der Waals surface area (Å²) in [7, 11) is 0. The molecule has 192 valence electrons. The molecule has 2 amide bonds. The molecule has 2 aromatic carbocycles. The van der Waals surface area contributed by atoms with Crippen molar-refractivity contribution in [2.45, 2.75) is 38.1 Å². The van der Waals surface area contributed by atoms with Gasteiger partial charge in [-0.1, -0.05) is 0 Å². The molecule has 2 heterocycles. The summed E-state index contributed by atoms with van der Waals surface area (Å²) >= 11 is 0. The van der Waals surface area contributed by atoms with E-state index < -0.39 is 0 Å². The highest BCUT2D eigenvalue weighted by Crippen LogP contribution is 2.24. The lowest BCUT2D eigenvalue weighted by atomic mass is 10.1. The van der Waals surface area contributed by atoms with E-state index in [9.17, 15) is 9.59 Å². The van der Waals surface area contributed by atoms with Crippen LogP contribution in [0.2, 0.25) is 0 Å². The number of hydrogen-bond donors (Lipinski definition) is 4. The molecule has 0 spiro atoms. The first-order chi connectivity index (χ1) is 18.0. The average Bonchev–Trinajstić information content (AvgIpc) is 3.63. The maximum atomic E-state index is 12.3. The molecule has 0 aliphatic heterocycles. The van der Waals surface area contributed by atoms with Crippen molar-refractivity contribution in [3.63, 3.8) is 0 Å². The molecule has 37 heavy (non-hydrogen) atoms. The van der Waals surface area contributed by atoms with Gasteiger partial charge in [0.15, 0.2) is 0 Å². The highest BCUT2D eigenvalue weighted by atomic mass is 16.5. The molecule has 0 saturated heterocycles. The summed E-state index contributed by atoms with van der Waals surface area (Å²) in [5.74, 6) is 1.25. The van der Waals surface area contributed by atoms with Gasteiger partial charge in [-0.3, -0.25) is 9.59 Å². The smallest absolute Gasteiger partial charge is 0.224 e. The van der Waals surface area contributed by atoms with Crippen LogP contribution in [0.5, 0.6) is 11.5 Å². The lowest BCUT2D eigenvalue weighted by Gasteiger charge is -2.12. The van der Waals surface area contributed by atoms with Crippen molar-refractivity contribution >= 4 is 17.5 Å². The first-order valence-electron chi connectivity index (χ1n) is 12.4. The molecule has 0 saturated carbocycles. The molecule has 4 aromatic rings. The quantitative estimate of drug-likeness (QED) is 0.219. The highest BCUT2D eigenvalue weighted by molar-refractivity contribution is 5.90. The molecule has 0 aliphatic rings. The summed E-state index contributed by atoms with van der Waals surface area (Å²) in [6.07, 6.45) is 9.69. The summed E-state index contributed by atoms with van der Waals surface area (Å²) in [5.41, 5.74) is 8.83. The van der Waals surface area contributed by atoms with Gasteiger partial charge in [-0.05, 0) is 73.5 Å². The highest BCUT2D eigenvalue weighted by Gasteiger charge is 2.10. The Morgan fingerprint density at radius 2 is 1.59 bits per heavy atom. The predicted molar refractivity (Wildman–Crippen MR) is 143 cm³/mol. The third-order valence-electron chi connectivity index (χ3n) is 5.87.